The molecule has 0 bridgehead atoms. The molecule has 1 rings (SSSR count). The molecular weight excluding hydrogens is 284 g/mol. The van der Waals surface area contributed by atoms with Gasteiger partial charge in [0.25, 0.3) is 0 Å². The van der Waals surface area contributed by atoms with E-state index in [4.69, 9.17) is 0 Å². The summed E-state index contributed by atoms with van der Waals surface area (Å²) in [5, 5.41) is 1.14. The fourth-order valence-electron chi connectivity index (χ4n) is 1.27. The van der Waals surface area contributed by atoms with Crippen LogP contribution in [0.25, 0.3) is 0 Å². The third-order valence-corrected chi connectivity index (χ3v) is 2.46. The van der Waals surface area contributed by atoms with Crippen molar-refractivity contribution in [3.8, 4) is 0 Å². The van der Waals surface area contributed by atoms with Gasteiger partial charge in [0.15, 0.2) is 6.67 Å². The zero-order valence-electron chi connectivity index (χ0n) is 7.39. The molecule has 0 radical (unpaired) electrons. The maximum atomic E-state index is 3.43. The van der Waals surface area contributed by atoms with Gasteiger partial charge in [-0.25, -0.2) is 0 Å². The molecule has 72 valence electrons. The van der Waals surface area contributed by atoms with Crippen LogP contribution in [0.5, 0.6) is 0 Å². The summed E-state index contributed by atoms with van der Waals surface area (Å²) in [6.07, 6.45) is 7.01. The van der Waals surface area contributed by atoms with Crippen molar-refractivity contribution < 1.29 is 21.9 Å². The Morgan fingerprint density at radius 2 is 2.25 bits per heavy atom. The zero-order chi connectivity index (χ0) is 8.10. The Hall–Kier alpha value is 0.460. The van der Waals surface area contributed by atoms with E-state index >= 15 is 0 Å². The number of rotatable bonds is 4. The standard InChI is InChI=1S/C8H15BrN2.BrH/c1-10-6-7-11(8-10)5-3-2-4-9;/h6-7H,2-5,8H2,1H3;1H. The Morgan fingerprint density at radius 3 is 2.75 bits per heavy atom. The minimum absolute atomic E-state index is 0. The van der Waals surface area contributed by atoms with Gasteiger partial charge in [0.2, 0.25) is 0 Å². The second kappa shape index (κ2) is 6.92. The van der Waals surface area contributed by atoms with Crippen LogP contribution in [0.2, 0.25) is 0 Å². The maximum Gasteiger partial charge on any atom is 0.156 e. The van der Waals surface area contributed by atoms with Crippen LogP contribution in [-0.2, 0) is 0 Å². The van der Waals surface area contributed by atoms with Crippen molar-refractivity contribution in [2.45, 2.75) is 12.8 Å². The fraction of sp³-hybridized carbons (Fsp3) is 0.750. The summed E-state index contributed by atoms with van der Waals surface area (Å²) in [6, 6.07) is 0. The molecule has 0 amide bonds. The molecule has 0 spiro atoms. The molecule has 0 aromatic carbocycles. The summed E-state index contributed by atoms with van der Waals surface area (Å²) in [5.41, 5.74) is 0. The highest BCUT2D eigenvalue weighted by molar-refractivity contribution is 9.09. The first-order valence-corrected chi connectivity index (χ1v) is 5.24. The van der Waals surface area contributed by atoms with E-state index in [9.17, 15) is 0 Å². The van der Waals surface area contributed by atoms with E-state index in [2.05, 4.69) is 40.3 Å². The van der Waals surface area contributed by atoms with Gasteiger partial charge in [0, 0.05) is 12.4 Å². The van der Waals surface area contributed by atoms with Crippen LogP contribution in [0.1, 0.15) is 12.8 Å². The molecule has 0 saturated heterocycles. The third kappa shape index (κ3) is 4.48. The first-order valence-electron chi connectivity index (χ1n) is 4.12. The molecule has 1 atom stereocenters. The van der Waals surface area contributed by atoms with Gasteiger partial charge in [0.05, 0.1) is 12.7 Å². The molecule has 1 aliphatic rings. The fourth-order valence-corrected chi connectivity index (χ4v) is 1.66. The van der Waals surface area contributed by atoms with E-state index in [-0.39, 0.29) is 17.0 Å². The largest absolute Gasteiger partial charge is 1.00 e. The zero-order valence-corrected chi connectivity index (χ0v) is 10.6. The predicted molar refractivity (Wildman–Crippen MR) is 50.6 cm³/mol. The monoisotopic (exact) mass is 298 g/mol. The van der Waals surface area contributed by atoms with Crippen LogP contribution in [0.15, 0.2) is 12.4 Å². The van der Waals surface area contributed by atoms with E-state index in [0.717, 1.165) is 12.0 Å². The van der Waals surface area contributed by atoms with Gasteiger partial charge in [0.1, 0.15) is 6.20 Å². The number of nitrogens with zero attached hydrogens (tertiary/aromatic N) is 1. The van der Waals surface area contributed by atoms with Gasteiger partial charge >= 0.3 is 0 Å². The van der Waals surface area contributed by atoms with E-state index in [0.29, 0.717) is 0 Å². The highest BCUT2D eigenvalue weighted by Crippen LogP contribution is 1.91. The molecule has 4 heteroatoms. The molecule has 1 aliphatic heterocycles. The van der Waals surface area contributed by atoms with Crippen LogP contribution < -0.4 is 21.9 Å². The summed E-state index contributed by atoms with van der Waals surface area (Å²) in [5.74, 6) is 0. The number of unbranched alkanes of at least 4 members (excludes halogenated alkanes) is 1. The topological polar surface area (TPSA) is 7.68 Å². The molecule has 0 saturated carbocycles. The van der Waals surface area contributed by atoms with Crippen molar-refractivity contribution in [2.24, 2.45) is 0 Å². The molecule has 0 aliphatic carbocycles. The van der Waals surface area contributed by atoms with E-state index in [1.807, 2.05) is 0 Å². The number of hydrogen-bond acceptors (Lipinski definition) is 1. The summed E-state index contributed by atoms with van der Waals surface area (Å²) >= 11 is 3.43. The van der Waals surface area contributed by atoms with Crippen LogP contribution in [-0.4, -0.2) is 30.5 Å². The van der Waals surface area contributed by atoms with Crippen molar-refractivity contribution >= 4 is 15.9 Å². The minimum Gasteiger partial charge on any atom is -1.00 e. The van der Waals surface area contributed by atoms with Gasteiger partial charge in [-0.15, -0.1) is 0 Å². The number of hydrogen-bond donors (Lipinski definition) is 1. The average molecular weight is 300 g/mol. The summed E-state index contributed by atoms with van der Waals surface area (Å²) in [4.78, 5) is 3.80. The third-order valence-electron chi connectivity index (χ3n) is 1.90. The maximum absolute atomic E-state index is 3.43. The number of nitrogens with one attached hydrogen (secondary N) is 1. The lowest BCUT2D eigenvalue weighted by atomic mass is 10.3. The molecule has 0 aromatic heterocycles. The quantitative estimate of drug-likeness (QED) is 0.443. The lowest BCUT2D eigenvalue weighted by molar-refractivity contribution is -0.848. The Morgan fingerprint density at radius 1 is 1.50 bits per heavy atom. The highest BCUT2D eigenvalue weighted by Gasteiger charge is 2.11. The summed E-state index contributed by atoms with van der Waals surface area (Å²) in [7, 11) is 2.12. The van der Waals surface area contributed by atoms with Crippen LogP contribution in [0.4, 0.5) is 0 Å². The van der Waals surface area contributed by atoms with Crippen molar-refractivity contribution in [1.82, 2.24) is 4.90 Å². The van der Waals surface area contributed by atoms with Gasteiger partial charge in [-0.2, -0.15) is 0 Å². The summed E-state index contributed by atoms with van der Waals surface area (Å²) in [6.45, 7) is 2.41. The van der Waals surface area contributed by atoms with Crippen LogP contribution in [0, 0.1) is 0 Å². The first-order chi connectivity index (χ1) is 5.33. The molecule has 1 unspecified atom stereocenters. The first kappa shape index (κ1) is 12.5. The number of quaternary nitrogens is 1. The van der Waals surface area contributed by atoms with Crippen molar-refractivity contribution in [3.63, 3.8) is 0 Å². The lowest BCUT2D eigenvalue weighted by Gasteiger charge is -2.11. The Bertz CT molecular complexity index is 139. The molecule has 1 N–H and O–H groups in total. The van der Waals surface area contributed by atoms with Gasteiger partial charge < -0.3 is 21.9 Å². The van der Waals surface area contributed by atoms with Crippen LogP contribution >= 0.6 is 15.9 Å². The summed E-state index contributed by atoms with van der Waals surface area (Å²) < 4.78 is 0. The molecular formula is C8H16Br2N2. The SMILES string of the molecule is CN1C=C[NH+](CCCCBr)C1.[Br-]. The van der Waals surface area contributed by atoms with Gasteiger partial charge in [-0.3, -0.25) is 4.90 Å². The average Bonchev–Trinajstić information content (AvgIpc) is 2.37. The molecule has 0 aromatic rings. The lowest BCUT2D eigenvalue weighted by Crippen LogP contribution is -3.07. The van der Waals surface area contributed by atoms with Crippen LogP contribution in [0.3, 0.4) is 0 Å². The van der Waals surface area contributed by atoms with Crippen molar-refractivity contribution in [2.75, 3.05) is 25.6 Å². The Kier molecular flexibility index (Phi) is 7.19. The number of halogens is 2. The Balaban J connectivity index is 0.00000121. The van der Waals surface area contributed by atoms with Crippen molar-refractivity contribution in [1.29, 1.82) is 0 Å². The molecule has 1 heterocycles. The second-order valence-corrected chi connectivity index (χ2v) is 3.83. The second-order valence-electron chi connectivity index (χ2n) is 3.04. The molecule has 12 heavy (non-hydrogen) atoms. The van der Waals surface area contributed by atoms with E-state index < -0.39 is 0 Å². The molecule has 2 nitrogen and oxygen atoms in total. The number of alkyl halides is 1. The van der Waals surface area contributed by atoms with E-state index in [1.54, 1.807) is 4.90 Å². The predicted octanol–water partition coefficient (Wildman–Crippen LogP) is -2.58. The minimum atomic E-state index is 0. The van der Waals surface area contributed by atoms with E-state index in [1.165, 1.54) is 19.4 Å². The van der Waals surface area contributed by atoms with Crippen molar-refractivity contribution in [3.05, 3.63) is 12.4 Å². The molecule has 0 fully saturated rings. The van der Waals surface area contributed by atoms with Gasteiger partial charge in [-0.1, -0.05) is 15.9 Å². The normalized spacial score (nSPS) is 21.2. The highest BCUT2D eigenvalue weighted by atomic mass is 79.9. The smallest absolute Gasteiger partial charge is 0.156 e. The Labute approximate surface area is 93.5 Å². The van der Waals surface area contributed by atoms with Gasteiger partial charge in [-0.05, 0) is 12.8 Å².